The van der Waals surface area contributed by atoms with Crippen LogP contribution in [0.2, 0.25) is 0 Å². The zero-order valence-electron chi connectivity index (χ0n) is 13.7. The Morgan fingerprint density at radius 3 is 2.60 bits per heavy atom. The van der Waals surface area contributed by atoms with Crippen LogP contribution in [0, 0.1) is 6.92 Å². The zero-order valence-corrected chi connectivity index (χ0v) is 14.5. The minimum Gasteiger partial charge on any atom is -0.451 e. The lowest BCUT2D eigenvalue weighted by atomic mass is 10.1. The Hall–Kier alpha value is -2.93. The number of benzene rings is 1. The van der Waals surface area contributed by atoms with Crippen molar-refractivity contribution in [3.05, 3.63) is 58.8 Å². The van der Waals surface area contributed by atoms with Gasteiger partial charge in [0.15, 0.2) is 6.61 Å². The molecule has 0 atom stereocenters. The van der Waals surface area contributed by atoms with Gasteiger partial charge in [0.25, 0.3) is 5.91 Å². The van der Waals surface area contributed by atoms with Gasteiger partial charge in [0.2, 0.25) is 0 Å². The van der Waals surface area contributed by atoms with Gasteiger partial charge in [0, 0.05) is 12.1 Å². The van der Waals surface area contributed by atoms with Crippen molar-refractivity contribution in [3.8, 4) is 11.1 Å². The number of ether oxygens (including phenoxy) is 1. The van der Waals surface area contributed by atoms with Crippen molar-refractivity contribution in [2.45, 2.75) is 6.92 Å². The van der Waals surface area contributed by atoms with Gasteiger partial charge in [-0.15, -0.1) is 17.9 Å². The summed E-state index contributed by atoms with van der Waals surface area (Å²) in [6, 6.07) is 8.91. The number of esters is 1. The predicted molar refractivity (Wildman–Crippen MR) is 96.5 cm³/mol. The number of carbonyl (C=O) groups excluding carboxylic acids is 3. The zero-order chi connectivity index (χ0) is 18.2. The summed E-state index contributed by atoms with van der Waals surface area (Å²) in [5.41, 5.74) is 2.76. The molecule has 130 valence electrons. The number of nitrogens with one attached hydrogen (secondary N) is 2. The van der Waals surface area contributed by atoms with Crippen molar-refractivity contribution in [1.82, 2.24) is 10.6 Å². The van der Waals surface area contributed by atoms with E-state index in [4.69, 9.17) is 4.74 Å². The summed E-state index contributed by atoms with van der Waals surface area (Å²) in [6.45, 7) is 5.12. The van der Waals surface area contributed by atoms with E-state index in [1.165, 1.54) is 17.4 Å². The van der Waals surface area contributed by atoms with E-state index < -0.39 is 24.5 Å². The molecule has 0 aliphatic rings. The van der Waals surface area contributed by atoms with Crippen molar-refractivity contribution in [1.29, 1.82) is 0 Å². The highest BCUT2D eigenvalue weighted by molar-refractivity contribution is 7.12. The average molecular weight is 358 g/mol. The van der Waals surface area contributed by atoms with Gasteiger partial charge in [-0.05, 0) is 23.9 Å². The molecule has 25 heavy (non-hydrogen) atoms. The quantitative estimate of drug-likeness (QED) is 0.614. The van der Waals surface area contributed by atoms with E-state index in [0.29, 0.717) is 4.88 Å². The maximum Gasteiger partial charge on any atom is 0.349 e. The Bertz CT molecular complexity index is 781. The normalized spacial score (nSPS) is 9.96. The molecule has 7 heteroatoms. The van der Waals surface area contributed by atoms with Crippen molar-refractivity contribution in [2.24, 2.45) is 0 Å². The van der Waals surface area contributed by atoms with Gasteiger partial charge in [-0.1, -0.05) is 35.9 Å². The third-order valence-electron chi connectivity index (χ3n) is 3.21. The Morgan fingerprint density at radius 1 is 1.20 bits per heavy atom. The number of aryl methyl sites for hydroxylation is 1. The number of thiophene rings is 1. The van der Waals surface area contributed by atoms with E-state index in [-0.39, 0.29) is 6.54 Å². The molecule has 0 aliphatic carbocycles. The molecular formula is C18H18N2O4S. The highest BCUT2D eigenvalue weighted by Gasteiger charge is 2.18. The van der Waals surface area contributed by atoms with Gasteiger partial charge in [-0.3, -0.25) is 10.1 Å². The minimum absolute atomic E-state index is 0.230. The Kier molecular flexibility index (Phi) is 6.47. The second-order valence-corrected chi connectivity index (χ2v) is 6.07. The molecule has 0 fully saturated rings. The van der Waals surface area contributed by atoms with Gasteiger partial charge in [0.05, 0.1) is 0 Å². The molecule has 0 spiro atoms. The van der Waals surface area contributed by atoms with Gasteiger partial charge in [0.1, 0.15) is 4.88 Å². The number of urea groups is 1. The van der Waals surface area contributed by atoms with Crippen LogP contribution in [-0.4, -0.2) is 31.1 Å². The molecule has 0 radical (unpaired) electrons. The van der Waals surface area contributed by atoms with Crippen LogP contribution >= 0.6 is 11.3 Å². The molecule has 0 unspecified atom stereocenters. The number of imide groups is 1. The number of hydrogen-bond acceptors (Lipinski definition) is 5. The maximum absolute atomic E-state index is 12.2. The van der Waals surface area contributed by atoms with E-state index >= 15 is 0 Å². The molecule has 1 heterocycles. The van der Waals surface area contributed by atoms with Crippen molar-refractivity contribution >= 4 is 29.2 Å². The molecule has 0 aliphatic heterocycles. The van der Waals surface area contributed by atoms with Gasteiger partial charge in [-0.2, -0.15) is 0 Å². The highest BCUT2D eigenvalue weighted by Crippen LogP contribution is 2.29. The van der Waals surface area contributed by atoms with Crippen LogP contribution in [0.15, 0.2) is 48.4 Å². The number of carbonyl (C=O) groups is 3. The maximum atomic E-state index is 12.2. The summed E-state index contributed by atoms with van der Waals surface area (Å²) >= 11 is 1.24. The molecule has 1 aromatic heterocycles. The first-order valence-corrected chi connectivity index (χ1v) is 8.39. The van der Waals surface area contributed by atoms with Crippen molar-refractivity contribution in [3.63, 3.8) is 0 Å². The monoisotopic (exact) mass is 358 g/mol. The van der Waals surface area contributed by atoms with Crippen LogP contribution < -0.4 is 10.6 Å². The van der Waals surface area contributed by atoms with Crippen LogP contribution in [0.25, 0.3) is 11.1 Å². The number of rotatable bonds is 6. The molecule has 2 rings (SSSR count). The van der Waals surface area contributed by atoms with E-state index in [9.17, 15) is 14.4 Å². The van der Waals surface area contributed by atoms with Crippen LogP contribution in [0.5, 0.6) is 0 Å². The van der Waals surface area contributed by atoms with Crippen LogP contribution in [-0.2, 0) is 9.53 Å². The largest absolute Gasteiger partial charge is 0.451 e. The third-order valence-corrected chi connectivity index (χ3v) is 4.10. The lowest BCUT2D eigenvalue weighted by Crippen LogP contribution is -2.41. The van der Waals surface area contributed by atoms with Crippen molar-refractivity contribution < 1.29 is 19.1 Å². The molecule has 6 nitrogen and oxygen atoms in total. The van der Waals surface area contributed by atoms with E-state index in [0.717, 1.165) is 16.7 Å². The first-order chi connectivity index (χ1) is 12.0. The van der Waals surface area contributed by atoms with Crippen LogP contribution in [0.4, 0.5) is 4.79 Å². The van der Waals surface area contributed by atoms with E-state index in [1.807, 2.05) is 37.3 Å². The van der Waals surface area contributed by atoms with Crippen LogP contribution in [0.3, 0.4) is 0 Å². The molecular weight excluding hydrogens is 340 g/mol. The lowest BCUT2D eigenvalue weighted by Gasteiger charge is -2.07. The Labute approximate surface area is 149 Å². The topological polar surface area (TPSA) is 84.5 Å². The molecule has 0 bridgehead atoms. The summed E-state index contributed by atoms with van der Waals surface area (Å²) < 4.78 is 5.00. The third kappa shape index (κ3) is 5.29. The van der Waals surface area contributed by atoms with Gasteiger partial charge in [-0.25, -0.2) is 9.59 Å². The number of hydrogen-bond donors (Lipinski definition) is 2. The Balaban J connectivity index is 1.95. The smallest absolute Gasteiger partial charge is 0.349 e. The molecule has 2 aromatic rings. The minimum atomic E-state index is -0.705. The van der Waals surface area contributed by atoms with Gasteiger partial charge < -0.3 is 10.1 Å². The molecule has 0 saturated heterocycles. The fraction of sp³-hybridized carbons (Fsp3) is 0.167. The first kappa shape index (κ1) is 18.4. The van der Waals surface area contributed by atoms with E-state index in [2.05, 4.69) is 17.2 Å². The number of amides is 3. The summed E-state index contributed by atoms with van der Waals surface area (Å²) in [7, 11) is 0. The first-order valence-electron chi connectivity index (χ1n) is 7.51. The SMILES string of the molecule is C=CCNC(=O)NC(=O)COC(=O)c1sccc1-c1ccc(C)cc1. The second-order valence-electron chi connectivity index (χ2n) is 5.15. The molecule has 0 saturated carbocycles. The summed E-state index contributed by atoms with van der Waals surface area (Å²) in [4.78, 5) is 35.6. The fourth-order valence-electron chi connectivity index (χ4n) is 2.00. The summed E-state index contributed by atoms with van der Waals surface area (Å²) in [5, 5.41) is 6.23. The molecule has 1 aromatic carbocycles. The predicted octanol–water partition coefficient (Wildman–Crippen LogP) is 2.89. The summed E-state index contributed by atoms with van der Waals surface area (Å²) in [5.74, 6) is -1.31. The van der Waals surface area contributed by atoms with Crippen molar-refractivity contribution in [2.75, 3.05) is 13.2 Å². The highest BCUT2D eigenvalue weighted by atomic mass is 32.1. The van der Waals surface area contributed by atoms with E-state index in [1.54, 1.807) is 5.38 Å². The molecule has 3 amide bonds. The van der Waals surface area contributed by atoms with Gasteiger partial charge >= 0.3 is 12.0 Å². The second kappa shape index (κ2) is 8.79. The average Bonchev–Trinajstić information content (AvgIpc) is 3.08. The standard InChI is InChI=1S/C18H18N2O4S/c1-3-9-19-18(23)20-15(21)11-24-17(22)16-14(8-10-25-16)13-6-4-12(2)5-7-13/h3-8,10H,1,9,11H2,2H3,(H2,19,20,21,23). The van der Waals surface area contributed by atoms with Crippen LogP contribution in [0.1, 0.15) is 15.2 Å². The summed E-state index contributed by atoms with van der Waals surface area (Å²) in [6.07, 6.45) is 1.48. The Morgan fingerprint density at radius 2 is 1.92 bits per heavy atom. The molecule has 2 N–H and O–H groups in total. The fourth-order valence-corrected chi connectivity index (χ4v) is 2.80. The lowest BCUT2D eigenvalue weighted by molar-refractivity contribution is -0.123.